The van der Waals surface area contributed by atoms with Crippen molar-refractivity contribution in [1.82, 2.24) is 10.2 Å². The Labute approximate surface area is 91.6 Å². The highest BCUT2D eigenvalue weighted by Gasteiger charge is 2.36. The molecule has 2 atom stereocenters. The summed E-state index contributed by atoms with van der Waals surface area (Å²) in [6.07, 6.45) is 2.41. The van der Waals surface area contributed by atoms with E-state index in [-0.39, 0.29) is 18.3 Å². The van der Waals surface area contributed by atoms with Crippen molar-refractivity contribution in [2.24, 2.45) is 11.8 Å². The highest BCUT2D eigenvalue weighted by Crippen LogP contribution is 2.28. The van der Waals surface area contributed by atoms with E-state index >= 15 is 0 Å². The van der Waals surface area contributed by atoms with Crippen LogP contribution in [-0.2, 0) is 4.79 Å². The summed E-state index contributed by atoms with van der Waals surface area (Å²) in [5, 5.41) is 3.27. The molecule has 2 rings (SSSR count). The summed E-state index contributed by atoms with van der Waals surface area (Å²) in [4.78, 5) is 13.9. The SMILES string of the molecule is C[C@@H]1CNC[C@H]1C(=O)N(C)C1CC1.Cl. The first kappa shape index (κ1) is 11.8. The fourth-order valence-corrected chi connectivity index (χ4v) is 2.04. The minimum absolute atomic E-state index is 0. The summed E-state index contributed by atoms with van der Waals surface area (Å²) >= 11 is 0. The van der Waals surface area contributed by atoms with Gasteiger partial charge in [0.15, 0.2) is 0 Å². The van der Waals surface area contributed by atoms with Gasteiger partial charge >= 0.3 is 0 Å². The molecule has 0 aromatic carbocycles. The average molecular weight is 219 g/mol. The molecule has 0 spiro atoms. The van der Waals surface area contributed by atoms with Crippen LogP contribution in [0.1, 0.15) is 19.8 Å². The molecule has 1 amide bonds. The van der Waals surface area contributed by atoms with Crippen molar-refractivity contribution in [2.75, 3.05) is 20.1 Å². The monoisotopic (exact) mass is 218 g/mol. The van der Waals surface area contributed by atoms with Crippen LogP contribution in [0.15, 0.2) is 0 Å². The van der Waals surface area contributed by atoms with E-state index in [1.54, 1.807) is 0 Å². The van der Waals surface area contributed by atoms with Gasteiger partial charge in [-0.25, -0.2) is 0 Å². The van der Waals surface area contributed by atoms with E-state index in [0.717, 1.165) is 13.1 Å². The molecule has 1 saturated carbocycles. The fourth-order valence-electron chi connectivity index (χ4n) is 2.04. The van der Waals surface area contributed by atoms with E-state index in [1.165, 1.54) is 12.8 Å². The number of hydrogen-bond donors (Lipinski definition) is 1. The zero-order valence-corrected chi connectivity index (χ0v) is 9.64. The van der Waals surface area contributed by atoms with Gasteiger partial charge < -0.3 is 10.2 Å². The summed E-state index contributed by atoms with van der Waals surface area (Å²) in [5.74, 6) is 1.08. The summed E-state index contributed by atoms with van der Waals surface area (Å²) in [6, 6.07) is 0.556. The Morgan fingerprint density at radius 3 is 2.43 bits per heavy atom. The van der Waals surface area contributed by atoms with E-state index in [2.05, 4.69) is 12.2 Å². The lowest BCUT2D eigenvalue weighted by Gasteiger charge is -2.22. The standard InChI is InChI=1S/C10H18N2O.ClH/c1-7-5-11-6-9(7)10(13)12(2)8-3-4-8;/h7-9,11H,3-6H2,1-2H3;1H/t7-,9-;/m1./s1. The zero-order chi connectivity index (χ0) is 9.42. The smallest absolute Gasteiger partial charge is 0.227 e. The minimum atomic E-state index is 0. The maximum Gasteiger partial charge on any atom is 0.227 e. The van der Waals surface area contributed by atoms with Gasteiger partial charge in [-0.3, -0.25) is 4.79 Å². The van der Waals surface area contributed by atoms with Crippen molar-refractivity contribution >= 4 is 18.3 Å². The Morgan fingerprint density at radius 2 is 2.00 bits per heavy atom. The number of carbonyl (C=O) groups excluding carboxylic acids is 1. The minimum Gasteiger partial charge on any atom is -0.342 e. The normalized spacial score (nSPS) is 31.0. The van der Waals surface area contributed by atoms with Gasteiger partial charge in [0.05, 0.1) is 5.92 Å². The quantitative estimate of drug-likeness (QED) is 0.747. The van der Waals surface area contributed by atoms with Gasteiger partial charge in [-0.15, -0.1) is 12.4 Å². The molecule has 1 aliphatic carbocycles. The first-order valence-corrected chi connectivity index (χ1v) is 5.17. The van der Waals surface area contributed by atoms with Crippen LogP contribution in [-0.4, -0.2) is 37.0 Å². The average Bonchev–Trinajstić information content (AvgIpc) is 2.87. The van der Waals surface area contributed by atoms with Crippen LogP contribution in [0.5, 0.6) is 0 Å². The number of hydrogen-bond acceptors (Lipinski definition) is 2. The molecule has 1 saturated heterocycles. The predicted molar refractivity (Wildman–Crippen MR) is 58.6 cm³/mol. The lowest BCUT2D eigenvalue weighted by molar-refractivity contribution is -0.135. The molecule has 2 fully saturated rings. The van der Waals surface area contributed by atoms with E-state index < -0.39 is 0 Å². The third-order valence-corrected chi connectivity index (χ3v) is 3.28. The van der Waals surface area contributed by atoms with Gasteiger partial charge in [-0.2, -0.15) is 0 Å². The highest BCUT2D eigenvalue weighted by atomic mass is 35.5. The maximum atomic E-state index is 11.9. The third kappa shape index (κ3) is 2.20. The van der Waals surface area contributed by atoms with Gasteiger partial charge in [0.2, 0.25) is 5.91 Å². The van der Waals surface area contributed by atoms with Gasteiger partial charge in [0, 0.05) is 19.6 Å². The van der Waals surface area contributed by atoms with Crippen LogP contribution < -0.4 is 5.32 Å². The maximum absolute atomic E-state index is 11.9. The van der Waals surface area contributed by atoms with E-state index in [4.69, 9.17) is 0 Å². The van der Waals surface area contributed by atoms with Crippen molar-refractivity contribution in [1.29, 1.82) is 0 Å². The molecule has 1 aliphatic heterocycles. The van der Waals surface area contributed by atoms with Gasteiger partial charge in [-0.1, -0.05) is 6.92 Å². The second-order valence-corrected chi connectivity index (χ2v) is 4.42. The molecule has 0 aromatic rings. The van der Waals surface area contributed by atoms with E-state index in [0.29, 0.717) is 17.9 Å². The molecule has 82 valence electrons. The van der Waals surface area contributed by atoms with Crippen LogP contribution in [0.3, 0.4) is 0 Å². The molecule has 2 aliphatic rings. The Bertz CT molecular complexity index is 218. The second-order valence-electron chi connectivity index (χ2n) is 4.42. The van der Waals surface area contributed by atoms with E-state index in [1.807, 2.05) is 11.9 Å². The lowest BCUT2D eigenvalue weighted by Crippen LogP contribution is -2.37. The number of carbonyl (C=O) groups is 1. The summed E-state index contributed by atoms with van der Waals surface area (Å²) in [7, 11) is 1.95. The van der Waals surface area contributed by atoms with Crippen molar-refractivity contribution in [3.05, 3.63) is 0 Å². The van der Waals surface area contributed by atoms with Crippen LogP contribution in [0.2, 0.25) is 0 Å². The Hall–Kier alpha value is -0.280. The van der Waals surface area contributed by atoms with E-state index in [9.17, 15) is 4.79 Å². The van der Waals surface area contributed by atoms with Gasteiger partial charge in [-0.05, 0) is 25.3 Å². The highest BCUT2D eigenvalue weighted by molar-refractivity contribution is 5.85. The zero-order valence-electron chi connectivity index (χ0n) is 8.82. The molecule has 14 heavy (non-hydrogen) atoms. The number of amides is 1. The van der Waals surface area contributed by atoms with Crippen molar-refractivity contribution in [3.63, 3.8) is 0 Å². The molecular weight excluding hydrogens is 200 g/mol. The molecule has 0 radical (unpaired) electrons. The van der Waals surface area contributed by atoms with Crippen LogP contribution in [0, 0.1) is 11.8 Å². The number of nitrogens with zero attached hydrogens (tertiary/aromatic N) is 1. The fraction of sp³-hybridized carbons (Fsp3) is 0.900. The predicted octanol–water partition coefficient (Wildman–Crippen LogP) is 0.884. The molecule has 0 unspecified atom stereocenters. The summed E-state index contributed by atoms with van der Waals surface area (Å²) in [6.45, 7) is 4.02. The van der Waals surface area contributed by atoms with Crippen LogP contribution in [0.25, 0.3) is 0 Å². The van der Waals surface area contributed by atoms with Crippen molar-refractivity contribution in [2.45, 2.75) is 25.8 Å². The molecule has 3 nitrogen and oxygen atoms in total. The first-order valence-electron chi connectivity index (χ1n) is 5.17. The Kier molecular flexibility index (Phi) is 3.78. The van der Waals surface area contributed by atoms with Crippen LogP contribution >= 0.6 is 12.4 Å². The molecular formula is C10H19ClN2O. The molecule has 1 N–H and O–H groups in total. The molecule has 1 heterocycles. The van der Waals surface area contributed by atoms with Crippen molar-refractivity contribution < 1.29 is 4.79 Å². The van der Waals surface area contributed by atoms with Gasteiger partial charge in [0.1, 0.15) is 0 Å². The lowest BCUT2D eigenvalue weighted by atomic mass is 9.97. The second kappa shape index (κ2) is 4.49. The number of nitrogens with one attached hydrogen (secondary N) is 1. The van der Waals surface area contributed by atoms with Gasteiger partial charge in [0.25, 0.3) is 0 Å². The Morgan fingerprint density at radius 1 is 1.36 bits per heavy atom. The summed E-state index contributed by atoms with van der Waals surface area (Å²) < 4.78 is 0. The largest absolute Gasteiger partial charge is 0.342 e. The summed E-state index contributed by atoms with van der Waals surface area (Å²) in [5.41, 5.74) is 0. The number of rotatable bonds is 2. The molecule has 0 bridgehead atoms. The first-order chi connectivity index (χ1) is 6.20. The topological polar surface area (TPSA) is 32.3 Å². The third-order valence-electron chi connectivity index (χ3n) is 3.28. The molecule has 4 heteroatoms. The number of halogens is 1. The molecule has 0 aromatic heterocycles. The van der Waals surface area contributed by atoms with Crippen LogP contribution in [0.4, 0.5) is 0 Å². The van der Waals surface area contributed by atoms with Crippen molar-refractivity contribution in [3.8, 4) is 0 Å². The Balaban J connectivity index is 0.000000980.